The SMILES string of the molecule is C[C@H](CN(CCc1cn(CCCCCCOc2cccc3c2C(=O)N(C2CCC(=O)NC2=O)C3=O)nn1)Cc1ccccc1)NC(=O)c1ccc(-c2noc(C(F)(F)F)n2)cc1. The number of benzene rings is 3. The van der Waals surface area contributed by atoms with Crippen LogP contribution in [0.3, 0.4) is 0 Å². The maximum Gasteiger partial charge on any atom is 0.471 e. The van der Waals surface area contributed by atoms with E-state index in [1.54, 1.807) is 12.1 Å². The fourth-order valence-corrected chi connectivity index (χ4v) is 7.39. The topological polar surface area (TPSA) is 195 Å². The van der Waals surface area contributed by atoms with E-state index >= 15 is 0 Å². The molecular formula is C43H44F3N9O7. The molecule has 0 spiro atoms. The second kappa shape index (κ2) is 19.3. The van der Waals surface area contributed by atoms with Crippen molar-refractivity contribution in [3.63, 3.8) is 0 Å². The minimum Gasteiger partial charge on any atom is -0.493 e. The highest BCUT2D eigenvalue weighted by atomic mass is 19.4. The van der Waals surface area contributed by atoms with Gasteiger partial charge in [0.2, 0.25) is 17.6 Å². The molecule has 5 aromatic rings. The van der Waals surface area contributed by atoms with E-state index in [1.165, 1.54) is 30.3 Å². The Bertz CT molecular complexity index is 2400. The fourth-order valence-electron chi connectivity index (χ4n) is 7.39. The van der Waals surface area contributed by atoms with Gasteiger partial charge in [0.05, 0.1) is 23.4 Å². The number of carbonyl (C=O) groups is 5. The van der Waals surface area contributed by atoms with Gasteiger partial charge in [-0.15, -0.1) is 5.10 Å². The Balaban J connectivity index is 0.841. The van der Waals surface area contributed by atoms with Crippen LogP contribution in [0.4, 0.5) is 13.2 Å². The number of rotatable bonds is 19. The highest BCUT2D eigenvalue weighted by molar-refractivity contribution is 6.24. The minimum absolute atomic E-state index is 0.0442. The maximum atomic E-state index is 13.3. The van der Waals surface area contributed by atoms with Crippen molar-refractivity contribution in [1.29, 1.82) is 0 Å². The van der Waals surface area contributed by atoms with Crippen LogP contribution in [0, 0.1) is 0 Å². The Kier molecular flexibility index (Phi) is 13.5. The minimum atomic E-state index is -4.76. The number of aromatic nitrogens is 5. The molecule has 2 aliphatic rings. The third-order valence-corrected chi connectivity index (χ3v) is 10.5. The fraction of sp³-hybridized carbons (Fsp3) is 0.372. The van der Waals surface area contributed by atoms with E-state index in [2.05, 4.69) is 40.5 Å². The van der Waals surface area contributed by atoms with Crippen LogP contribution in [-0.4, -0.2) is 96.3 Å². The van der Waals surface area contributed by atoms with Crippen molar-refractivity contribution in [2.45, 2.75) is 83.2 Å². The predicted molar refractivity (Wildman–Crippen MR) is 214 cm³/mol. The van der Waals surface area contributed by atoms with Gasteiger partial charge in [0.1, 0.15) is 11.8 Å². The van der Waals surface area contributed by atoms with Crippen molar-refractivity contribution in [2.75, 3.05) is 19.7 Å². The molecule has 2 N–H and O–H groups in total. The lowest BCUT2D eigenvalue weighted by Gasteiger charge is -2.27. The summed E-state index contributed by atoms with van der Waals surface area (Å²) in [5.74, 6) is -4.00. The molecule has 1 fully saturated rings. The van der Waals surface area contributed by atoms with Crippen molar-refractivity contribution in [3.05, 3.63) is 113 Å². The van der Waals surface area contributed by atoms with Gasteiger partial charge in [-0.25, -0.2) is 0 Å². The molecule has 16 nitrogen and oxygen atoms in total. The van der Waals surface area contributed by atoms with Gasteiger partial charge in [0.15, 0.2) is 0 Å². The summed E-state index contributed by atoms with van der Waals surface area (Å²) >= 11 is 0. The summed E-state index contributed by atoms with van der Waals surface area (Å²) in [6, 6.07) is 19.4. The maximum absolute atomic E-state index is 13.3. The largest absolute Gasteiger partial charge is 0.493 e. The molecule has 7 rings (SSSR count). The standard InChI is InChI=1S/C43H44F3N9O7/c1-27(47-38(57)30-16-14-29(15-17-30)37-49-42(62-51-37)43(44,45)46)24-53(25-28-10-5-4-6-11-28)22-20-31-26-54(52-50-31)21-7-2-3-8-23-61-34-13-9-12-32-36(34)41(60)55(40(32)59)33-18-19-35(56)48-39(33)58/h4-6,9-17,26-27,33H,2-3,7-8,18-25H2,1H3,(H,47,57)(H,48,56,58)/t27-,33?/m1/s1. The molecule has 3 aromatic carbocycles. The van der Waals surface area contributed by atoms with Crippen molar-refractivity contribution >= 4 is 29.5 Å². The Hall–Kier alpha value is -6.76. The molecule has 62 heavy (non-hydrogen) atoms. The van der Waals surface area contributed by atoms with E-state index in [0.717, 1.165) is 35.4 Å². The molecule has 0 saturated carbocycles. The zero-order chi connectivity index (χ0) is 43.8. The van der Waals surface area contributed by atoms with E-state index < -0.39 is 41.7 Å². The zero-order valence-corrected chi connectivity index (χ0v) is 33.8. The Morgan fingerprint density at radius 3 is 2.50 bits per heavy atom. The first-order chi connectivity index (χ1) is 29.8. The molecule has 0 radical (unpaired) electrons. The van der Waals surface area contributed by atoms with Gasteiger partial charge < -0.3 is 14.6 Å². The predicted octanol–water partition coefficient (Wildman–Crippen LogP) is 5.25. The number of amides is 5. The van der Waals surface area contributed by atoms with Gasteiger partial charge in [-0.3, -0.25) is 43.8 Å². The Morgan fingerprint density at radius 1 is 0.984 bits per heavy atom. The van der Waals surface area contributed by atoms with E-state index in [-0.39, 0.29) is 53.1 Å². The third kappa shape index (κ3) is 10.6. The molecular weight excluding hydrogens is 812 g/mol. The summed E-state index contributed by atoms with van der Waals surface area (Å²) in [6.07, 6.45) is 1.24. The molecule has 2 atom stereocenters. The van der Waals surface area contributed by atoms with E-state index in [1.807, 2.05) is 48.1 Å². The Morgan fingerprint density at radius 2 is 1.76 bits per heavy atom. The first-order valence-corrected chi connectivity index (χ1v) is 20.3. The summed E-state index contributed by atoms with van der Waals surface area (Å²) in [4.78, 5) is 70.0. The van der Waals surface area contributed by atoms with Crippen LogP contribution in [-0.2, 0) is 35.3 Å². The lowest BCUT2D eigenvalue weighted by atomic mass is 10.0. The summed E-state index contributed by atoms with van der Waals surface area (Å²) in [5, 5.41) is 17.3. The van der Waals surface area contributed by atoms with E-state index in [0.29, 0.717) is 51.2 Å². The summed E-state index contributed by atoms with van der Waals surface area (Å²) < 4.78 is 50.7. The number of ether oxygens (including phenoxy) is 1. The van der Waals surface area contributed by atoms with Crippen molar-refractivity contribution in [2.24, 2.45) is 0 Å². The number of nitrogens with one attached hydrogen (secondary N) is 2. The number of imide groups is 2. The number of fused-ring (bicyclic) bond motifs is 1. The van der Waals surface area contributed by atoms with Crippen molar-refractivity contribution in [1.82, 2.24) is 45.6 Å². The number of aryl methyl sites for hydroxylation is 1. The van der Waals surface area contributed by atoms with Gasteiger partial charge in [0, 0.05) is 62.4 Å². The average molecular weight is 856 g/mol. The number of piperidine rings is 1. The smallest absolute Gasteiger partial charge is 0.471 e. The van der Waals surface area contributed by atoms with Crippen molar-refractivity contribution in [3.8, 4) is 17.1 Å². The van der Waals surface area contributed by atoms with Crippen LogP contribution >= 0.6 is 0 Å². The van der Waals surface area contributed by atoms with Crippen LogP contribution in [0.15, 0.2) is 83.5 Å². The highest BCUT2D eigenvalue weighted by Gasteiger charge is 2.46. The molecule has 5 amide bonds. The highest BCUT2D eigenvalue weighted by Crippen LogP contribution is 2.34. The number of halogens is 3. The monoisotopic (exact) mass is 855 g/mol. The number of hydrogen-bond acceptors (Lipinski definition) is 12. The lowest BCUT2D eigenvalue weighted by Crippen LogP contribution is -2.54. The van der Waals surface area contributed by atoms with Gasteiger partial charge in [-0.1, -0.05) is 65.3 Å². The first kappa shape index (κ1) is 43.3. The van der Waals surface area contributed by atoms with Gasteiger partial charge >= 0.3 is 12.1 Å². The molecule has 0 bridgehead atoms. The molecule has 19 heteroatoms. The summed E-state index contributed by atoms with van der Waals surface area (Å²) in [7, 11) is 0. The van der Waals surface area contributed by atoms with Gasteiger partial charge in [-0.05, 0) is 62.4 Å². The molecule has 2 aromatic heterocycles. The van der Waals surface area contributed by atoms with E-state index in [9.17, 15) is 37.1 Å². The van der Waals surface area contributed by atoms with Crippen LogP contribution < -0.4 is 15.4 Å². The summed E-state index contributed by atoms with van der Waals surface area (Å²) in [5.41, 5.74) is 2.85. The molecule has 0 aliphatic carbocycles. The molecule has 2 aliphatic heterocycles. The Labute approximate surface area is 353 Å². The second-order valence-electron chi connectivity index (χ2n) is 15.2. The number of hydrogen-bond donors (Lipinski definition) is 2. The van der Waals surface area contributed by atoms with Gasteiger partial charge in [0.25, 0.3) is 17.7 Å². The van der Waals surface area contributed by atoms with Crippen LogP contribution in [0.5, 0.6) is 5.75 Å². The van der Waals surface area contributed by atoms with Crippen molar-refractivity contribution < 1.29 is 46.4 Å². The molecule has 324 valence electrons. The van der Waals surface area contributed by atoms with Crippen LogP contribution in [0.25, 0.3) is 11.4 Å². The lowest BCUT2D eigenvalue weighted by molar-refractivity contribution is -0.159. The number of unbranched alkanes of at least 4 members (excludes halogenated alkanes) is 3. The normalized spacial score (nSPS) is 15.8. The molecule has 4 heterocycles. The zero-order valence-electron chi connectivity index (χ0n) is 33.8. The average Bonchev–Trinajstić information content (AvgIpc) is 3.99. The van der Waals surface area contributed by atoms with E-state index in [4.69, 9.17) is 4.74 Å². The third-order valence-electron chi connectivity index (χ3n) is 10.5. The number of alkyl halides is 3. The summed E-state index contributed by atoms with van der Waals surface area (Å²) in [6.45, 7) is 4.72. The molecule has 1 unspecified atom stereocenters. The van der Waals surface area contributed by atoms with Gasteiger partial charge in [-0.2, -0.15) is 18.2 Å². The van der Waals surface area contributed by atoms with Crippen LogP contribution in [0.2, 0.25) is 0 Å². The van der Waals surface area contributed by atoms with Crippen LogP contribution in [0.1, 0.15) is 93.7 Å². The first-order valence-electron chi connectivity index (χ1n) is 20.3. The quantitative estimate of drug-likeness (QED) is 0.0811. The number of nitrogens with zero attached hydrogens (tertiary/aromatic N) is 7. The molecule has 1 saturated heterocycles. The second-order valence-corrected chi connectivity index (χ2v) is 15.2. The number of carbonyl (C=O) groups excluding carboxylic acids is 5.